The second kappa shape index (κ2) is 11.0. The van der Waals surface area contributed by atoms with Crippen molar-refractivity contribution in [2.75, 3.05) is 44.2 Å². The number of amides is 1. The lowest BCUT2D eigenvalue weighted by Gasteiger charge is -2.47. The Morgan fingerprint density at radius 3 is 2.48 bits per heavy atom. The highest BCUT2D eigenvalue weighted by atomic mass is 35.5. The molecule has 0 saturated carbocycles. The third-order valence-electron chi connectivity index (χ3n) is 6.75. The first-order valence-corrected chi connectivity index (χ1v) is 12.6. The number of aromatic nitrogens is 1. The number of hydrogen-bond acceptors (Lipinski definition) is 5. The Morgan fingerprint density at radius 1 is 1.12 bits per heavy atom. The summed E-state index contributed by atoms with van der Waals surface area (Å²) in [6.07, 6.45) is 4.01. The topological polar surface area (TPSA) is 51.7 Å². The van der Waals surface area contributed by atoms with E-state index in [1.807, 2.05) is 19.1 Å². The summed E-state index contributed by atoms with van der Waals surface area (Å²) >= 11 is 12.5. The van der Waals surface area contributed by atoms with Crippen molar-refractivity contribution in [1.82, 2.24) is 20.1 Å². The normalized spacial score (nSPS) is 20.7. The zero-order valence-electron chi connectivity index (χ0n) is 19.4. The van der Waals surface area contributed by atoms with E-state index in [1.54, 1.807) is 12.3 Å². The molecule has 4 rings (SSSR count). The standard InChI is InChI=1S/C25H33Cl2N5O/c1-3-28-25(33)20-14-23(27)24(29-15-20)31-12-13-32(18(2)16-31)22-8-10-30(11-9-22)17-19-4-6-21(26)7-5-19/h4-7,14-15,18,22H,3,8-13,16-17H2,1-2H3,(H,28,33)/t18-/m0/s1. The minimum absolute atomic E-state index is 0.140. The molecule has 1 amide bonds. The molecule has 1 atom stereocenters. The van der Waals surface area contributed by atoms with E-state index in [2.05, 4.69) is 44.1 Å². The molecule has 0 unspecified atom stereocenters. The SMILES string of the molecule is CCNC(=O)c1cnc(N2CCN(C3CCN(Cc4ccc(Cl)cc4)CC3)[C@@H](C)C2)c(Cl)c1. The van der Waals surface area contributed by atoms with E-state index in [-0.39, 0.29) is 5.91 Å². The van der Waals surface area contributed by atoms with Crippen molar-refractivity contribution >= 4 is 34.9 Å². The van der Waals surface area contributed by atoms with E-state index >= 15 is 0 Å². The van der Waals surface area contributed by atoms with Gasteiger partial charge in [-0.3, -0.25) is 14.6 Å². The summed E-state index contributed by atoms with van der Waals surface area (Å²) in [5.41, 5.74) is 1.82. The van der Waals surface area contributed by atoms with Gasteiger partial charge in [0.25, 0.3) is 5.91 Å². The second-order valence-electron chi connectivity index (χ2n) is 9.06. The molecule has 1 aromatic heterocycles. The van der Waals surface area contributed by atoms with Crippen molar-refractivity contribution in [3.63, 3.8) is 0 Å². The van der Waals surface area contributed by atoms with Crippen LogP contribution in [0.4, 0.5) is 5.82 Å². The molecule has 1 aromatic carbocycles. The number of piperazine rings is 1. The van der Waals surface area contributed by atoms with Crippen LogP contribution >= 0.6 is 23.2 Å². The van der Waals surface area contributed by atoms with Crippen LogP contribution in [0.3, 0.4) is 0 Å². The molecule has 6 nitrogen and oxygen atoms in total. The van der Waals surface area contributed by atoms with Gasteiger partial charge in [0, 0.05) is 56.0 Å². The van der Waals surface area contributed by atoms with Crippen LogP contribution in [0, 0.1) is 0 Å². The molecule has 1 N–H and O–H groups in total. The van der Waals surface area contributed by atoms with Gasteiger partial charge in [-0.05, 0) is 63.5 Å². The van der Waals surface area contributed by atoms with Crippen LogP contribution in [0.2, 0.25) is 10.0 Å². The molecule has 3 heterocycles. The molecule has 33 heavy (non-hydrogen) atoms. The van der Waals surface area contributed by atoms with Crippen LogP contribution in [0.25, 0.3) is 0 Å². The molecule has 2 saturated heterocycles. The van der Waals surface area contributed by atoms with Gasteiger partial charge in [-0.2, -0.15) is 0 Å². The minimum atomic E-state index is -0.140. The smallest absolute Gasteiger partial charge is 0.252 e. The fourth-order valence-corrected chi connectivity index (χ4v) is 5.43. The Balaban J connectivity index is 1.30. The quantitative estimate of drug-likeness (QED) is 0.654. The number of likely N-dealkylation sites (tertiary alicyclic amines) is 1. The lowest BCUT2D eigenvalue weighted by molar-refractivity contribution is 0.0690. The van der Waals surface area contributed by atoms with Crippen molar-refractivity contribution in [3.8, 4) is 0 Å². The van der Waals surface area contributed by atoms with Crippen LogP contribution in [-0.2, 0) is 6.54 Å². The summed E-state index contributed by atoms with van der Waals surface area (Å²) in [7, 11) is 0. The zero-order valence-corrected chi connectivity index (χ0v) is 20.9. The Labute approximate surface area is 206 Å². The predicted octanol–water partition coefficient (Wildman–Crippen LogP) is 4.31. The summed E-state index contributed by atoms with van der Waals surface area (Å²) in [5, 5.41) is 4.12. The van der Waals surface area contributed by atoms with Crippen LogP contribution in [0.5, 0.6) is 0 Å². The number of carbonyl (C=O) groups is 1. The van der Waals surface area contributed by atoms with Gasteiger partial charge in [0.05, 0.1) is 10.6 Å². The van der Waals surface area contributed by atoms with Crippen molar-refractivity contribution in [1.29, 1.82) is 0 Å². The van der Waals surface area contributed by atoms with E-state index < -0.39 is 0 Å². The van der Waals surface area contributed by atoms with Crippen molar-refractivity contribution in [2.45, 2.75) is 45.3 Å². The maximum absolute atomic E-state index is 12.1. The van der Waals surface area contributed by atoms with Crippen LogP contribution in [0.15, 0.2) is 36.5 Å². The summed E-state index contributed by atoms with van der Waals surface area (Å²) in [6, 6.07) is 11.0. The van der Waals surface area contributed by atoms with Crippen molar-refractivity contribution in [3.05, 3.63) is 57.7 Å². The maximum Gasteiger partial charge on any atom is 0.252 e. The Morgan fingerprint density at radius 2 is 1.85 bits per heavy atom. The van der Waals surface area contributed by atoms with Crippen molar-refractivity contribution < 1.29 is 4.79 Å². The van der Waals surface area contributed by atoms with Gasteiger partial charge in [-0.25, -0.2) is 4.98 Å². The number of carbonyl (C=O) groups excluding carboxylic acids is 1. The van der Waals surface area contributed by atoms with E-state index in [1.165, 1.54) is 18.4 Å². The lowest BCUT2D eigenvalue weighted by Crippen LogP contribution is -2.57. The average molecular weight is 490 g/mol. The fraction of sp³-hybridized carbons (Fsp3) is 0.520. The largest absolute Gasteiger partial charge is 0.353 e. The average Bonchev–Trinajstić information content (AvgIpc) is 2.81. The predicted molar refractivity (Wildman–Crippen MR) is 135 cm³/mol. The highest BCUT2D eigenvalue weighted by molar-refractivity contribution is 6.33. The molecule has 2 aliphatic rings. The van der Waals surface area contributed by atoms with Gasteiger partial charge in [0.2, 0.25) is 0 Å². The third kappa shape index (κ3) is 5.99. The molecule has 2 fully saturated rings. The minimum Gasteiger partial charge on any atom is -0.353 e. The highest BCUT2D eigenvalue weighted by Crippen LogP contribution is 2.29. The second-order valence-corrected chi connectivity index (χ2v) is 9.90. The molecule has 0 bridgehead atoms. The van der Waals surface area contributed by atoms with E-state index in [4.69, 9.17) is 23.2 Å². The van der Waals surface area contributed by atoms with Gasteiger partial charge in [-0.1, -0.05) is 35.3 Å². The van der Waals surface area contributed by atoms with Gasteiger partial charge in [0.1, 0.15) is 5.82 Å². The van der Waals surface area contributed by atoms with Crippen LogP contribution in [-0.4, -0.2) is 72.0 Å². The van der Waals surface area contributed by atoms with Gasteiger partial charge in [0.15, 0.2) is 0 Å². The number of nitrogens with zero attached hydrogens (tertiary/aromatic N) is 4. The van der Waals surface area contributed by atoms with Gasteiger partial charge < -0.3 is 10.2 Å². The number of halogens is 2. The first-order chi connectivity index (χ1) is 15.9. The first-order valence-electron chi connectivity index (χ1n) is 11.9. The van der Waals surface area contributed by atoms with Crippen LogP contribution < -0.4 is 10.2 Å². The summed E-state index contributed by atoms with van der Waals surface area (Å²) < 4.78 is 0. The van der Waals surface area contributed by atoms with Gasteiger partial charge in [-0.15, -0.1) is 0 Å². The number of pyridine rings is 1. The molecule has 178 valence electrons. The summed E-state index contributed by atoms with van der Waals surface area (Å²) in [4.78, 5) is 24.0. The molecular weight excluding hydrogens is 457 g/mol. The Kier molecular flexibility index (Phi) is 8.12. The molecule has 0 radical (unpaired) electrons. The molecule has 8 heteroatoms. The molecule has 2 aliphatic heterocycles. The Hall–Kier alpha value is -1.86. The first kappa shape index (κ1) is 24.3. The summed E-state index contributed by atoms with van der Waals surface area (Å²) in [6.45, 7) is 10.8. The number of benzene rings is 1. The molecule has 0 aliphatic carbocycles. The third-order valence-corrected chi connectivity index (χ3v) is 7.28. The monoisotopic (exact) mass is 489 g/mol. The van der Waals surface area contributed by atoms with Crippen LogP contribution in [0.1, 0.15) is 42.6 Å². The fourth-order valence-electron chi connectivity index (χ4n) is 5.01. The zero-order chi connectivity index (χ0) is 23.4. The lowest BCUT2D eigenvalue weighted by atomic mass is 9.99. The number of nitrogens with one attached hydrogen (secondary N) is 1. The van der Waals surface area contributed by atoms with Crippen molar-refractivity contribution in [2.24, 2.45) is 0 Å². The molecule has 0 spiro atoms. The van der Waals surface area contributed by atoms with E-state index in [9.17, 15) is 4.79 Å². The number of anilines is 1. The number of piperidine rings is 1. The summed E-state index contributed by atoms with van der Waals surface area (Å²) in [5.74, 6) is 0.632. The maximum atomic E-state index is 12.1. The van der Waals surface area contributed by atoms with E-state index in [0.29, 0.717) is 29.2 Å². The number of rotatable bonds is 6. The van der Waals surface area contributed by atoms with E-state index in [0.717, 1.165) is 50.1 Å². The number of hydrogen-bond donors (Lipinski definition) is 1. The molecular formula is C25H33Cl2N5O. The van der Waals surface area contributed by atoms with Gasteiger partial charge >= 0.3 is 0 Å². The Bertz CT molecular complexity index is 946. The molecule has 2 aromatic rings. The highest BCUT2D eigenvalue weighted by Gasteiger charge is 2.32.